The lowest BCUT2D eigenvalue weighted by atomic mass is 9.90. The van der Waals surface area contributed by atoms with Crippen molar-refractivity contribution in [3.63, 3.8) is 0 Å². The first-order chi connectivity index (χ1) is 10.1. The SMILES string of the molecule is CCn1nc(CC(C)(O)c2ccccc2)c2ccccc21. The second-order valence-corrected chi connectivity index (χ2v) is 5.60. The summed E-state index contributed by atoms with van der Waals surface area (Å²) in [5, 5.41) is 16.6. The fraction of sp³-hybridized carbons (Fsp3) is 0.278. The van der Waals surface area contributed by atoms with E-state index in [-0.39, 0.29) is 0 Å². The van der Waals surface area contributed by atoms with Gasteiger partial charge in [0.25, 0.3) is 0 Å². The third-order valence-corrected chi connectivity index (χ3v) is 3.94. The molecule has 0 aliphatic heterocycles. The van der Waals surface area contributed by atoms with Crippen molar-refractivity contribution in [2.24, 2.45) is 0 Å². The Bertz CT molecular complexity index is 744. The first kappa shape index (κ1) is 13.8. The number of aromatic nitrogens is 2. The zero-order valence-electron chi connectivity index (χ0n) is 12.5. The Morgan fingerprint density at radius 1 is 1.05 bits per heavy atom. The summed E-state index contributed by atoms with van der Waals surface area (Å²) >= 11 is 0. The third kappa shape index (κ3) is 2.57. The van der Waals surface area contributed by atoms with E-state index in [2.05, 4.69) is 24.2 Å². The zero-order valence-corrected chi connectivity index (χ0v) is 12.5. The summed E-state index contributed by atoms with van der Waals surface area (Å²) in [5.41, 5.74) is 2.07. The minimum Gasteiger partial charge on any atom is -0.385 e. The molecule has 0 saturated heterocycles. The maximum Gasteiger partial charge on any atom is 0.0924 e. The number of aliphatic hydroxyl groups is 1. The molecule has 3 rings (SSSR count). The van der Waals surface area contributed by atoms with Crippen molar-refractivity contribution >= 4 is 10.9 Å². The summed E-state index contributed by atoms with van der Waals surface area (Å²) in [4.78, 5) is 0. The van der Waals surface area contributed by atoms with Crippen LogP contribution in [0.5, 0.6) is 0 Å². The van der Waals surface area contributed by atoms with E-state index >= 15 is 0 Å². The van der Waals surface area contributed by atoms with Crippen LogP contribution >= 0.6 is 0 Å². The van der Waals surface area contributed by atoms with E-state index in [1.807, 2.05) is 54.1 Å². The Kier molecular flexibility index (Phi) is 3.52. The van der Waals surface area contributed by atoms with Crippen LogP contribution in [0.15, 0.2) is 54.6 Å². The van der Waals surface area contributed by atoms with Crippen LogP contribution in [-0.2, 0) is 18.6 Å². The van der Waals surface area contributed by atoms with Crippen LogP contribution in [0.1, 0.15) is 25.1 Å². The molecule has 0 fully saturated rings. The normalized spacial score (nSPS) is 14.2. The molecule has 0 bridgehead atoms. The van der Waals surface area contributed by atoms with Crippen LogP contribution in [-0.4, -0.2) is 14.9 Å². The van der Waals surface area contributed by atoms with E-state index in [1.54, 1.807) is 0 Å². The number of aryl methyl sites for hydroxylation is 1. The predicted molar refractivity (Wildman–Crippen MR) is 85.1 cm³/mol. The van der Waals surface area contributed by atoms with Crippen LogP contribution in [0.2, 0.25) is 0 Å². The molecule has 3 nitrogen and oxygen atoms in total. The van der Waals surface area contributed by atoms with E-state index in [9.17, 15) is 5.11 Å². The van der Waals surface area contributed by atoms with Crippen LogP contribution in [0, 0.1) is 0 Å². The maximum atomic E-state index is 10.8. The van der Waals surface area contributed by atoms with Gasteiger partial charge in [-0.15, -0.1) is 0 Å². The van der Waals surface area contributed by atoms with Gasteiger partial charge >= 0.3 is 0 Å². The largest absolute Gasteiger partial charge is 0.385 e. The van der Waals surface area contributed by atoms with Crippen molar-refractivity contribution in [2.75, 3.05) is 0 Å². The molecule has 1 heterocycles. The van der Waals surface area contributed by atoms with Gasteiger partial charge in [0, 0.05) is 18.4 Å². The smallest absolute Gasteiger partial charge is 0.0924 e. The standard InChI is InChI=1S/C18H20N2O/c1-3-20-17-12-8-7-11-15(17)16(19-20)13-18(2,21)14-9-5-4-6-10-14/h4-12,21H,3,13H2,1-2H3. The maximum absolute atomic E-state index is 10.8. The van der Waals surface area contributed by atoms with Gasteiger partial charge in [0.05, 0.1) is 16.8 Å². The molecule has 0 aliphatic carbocycles. The van der Waals surface area contributed by atoms with Crippen LogP contribution in [0.25, 0.3) is 10.9 Å². The first-order valence-corrected chi connectivity index (χ1v) is 7.34. The van der Waals surface area contributed by atoms with E-state index in [0.29, 0.717) is 6.42 Å². The highest BCUT2D eigenvalue weighted by atomic mass is 16.3. The van der Waals surface area contributed by atoms with E-state index in [0.717, 1.165) is 28.7 Å². The van der Waals surface area contributed by atoms with Crippen LogP contribution < -0.4 is 0 Å². The number of hydrogen-bond donors (Lipinski definition) is 1. The van der Waals surface area contributed by atoms with Gasteiger partial charge in [0.2, 0.25) is 0 Å². The monoisotopic (exact) mass is 280 g/mol. The molecule has 3 aromatic rings. The Labute approximate surface area is 124 Å². The quantitative estimate of drug-likeness (QED) is 0.794. The van der Waals surface area contributed by atoms with Crippen molar-refractivity contribution in [3.8, 4) is 0 Å². The molecule has 1 N–H and O–H groups in total. The minimum absolute atomic E-state index is 0.504. The van der Waals surface area contributed by atoms with Crippen LogP contribution in [0.4, 0.5) is 0 Å². The van der Waals surface area contributed by atoms with E-state index < -0.39 is 5.60 Å². The lowest BCUT2D eigenvalue weighted by Crippen LogP contribution is -2.24. The highest BCUT2D eigenvalue weighted by Gasteiger charge is 2.26. The molecule has 0 aliphatic rings. The van der Waals surface area contributed by atoms with Crippen LogP contribution in [0.3, 0.4) is 0 Å². The Morgan fingerprint density at radius 2 is 1.71 bits per heavy atom. The molecule has 0 saturated carbocycles. The third-order valence-electron chi connectivity index (χ3n) is 3.94. The van der Waals surface area contributed by atoms with E-state index in [4.69, 9.17) is 0 Å². The minimum atomic E-state index is -0.920. The zero-order chi connectivity index (χ0) is 14.9. The number of para-hydroxylation sites is 1. The summed E-state index contributed by atoms with van der Waals surface area (Å²) in [6.07, 6.45) is 0.504. The van der Waals surface area contributed by atoms with Gasteiger partial charge in [-0.05, 0) is 25.5 Å². The van der Waals surface area contributed by atoms with Gasteiger partial charge in [-0.1, -0.05) is 48.5 Å². The summed E-state index contributed by atoms with van der Waals surface area (Å²) in [6.45, 7) is 4.76. The van der Waals surface area contributed by atoms with Gasteiger partial charge < -0.3 is 5.11 Å². The fourth-order valence-corrected chi connectivity index (χ4v) is 2.79. The molecule has 2 aromatic carbocycles. The van der Waals surface area contributed by atoms with Gasteiger partial charge in [-0.25, -0.2) is 0 Å². The van der Waals surface area contributed by atoms with Crippen molar-refractivity contribution in [2.45, 2.75) is 32.4 Å². The summed E-state index contributed by atoms with van der Waals surface area (Å²) in [6, 6.07) is 18.0. The Balaban J connectivity index is 2.02. The average Bonchev–Trinajstić information content (AvgIpc) is 2.86. The van der Waals surface area contributed by atoms with Gasteiger partial charge in [-0.3, -0.25) is 4.68 Å². The van der Waals surface area contributed by atoms with Crippen molar-refractivity contribution in [1.29, 1.82) is 0 Å². The summed E-state index contributed by atoms with van der Waals surface area (Å²) < 4.78 is 1.99. The number of fused-ring (bicyclic) bond motifs is 1. The number of nitrogens with zero attached hydrogens (tertiary/aromatic N) is 2. The molecule has 1 atom stereocenters. The number of rotatable bonds is 4. The average molecular weight is 280 g/mol. The highest BCUT2D eigenvalue weighted by Crippen LogP contribution is 2.28. The molecule has 1 aromatic heterocycles. The summed E-state index contributed by atoms with van der Waals surface area (Å²) in [7, 11) is 0. The Morgan fingerprint density at radius 3 is 2.43 bits per heavy atom. The molecular formula is C18H20N2O. The molecular weight excluding hydrogens is 260 g/mol. The summed E-state index contributed by atoms with van der Waals surface area (Å²) in [5.74, 6) is 0. The fourth-order valence-electron chi connectivity index (χ4n) is 2.79. The second kappa shape index (κ2) is 5.34. The van der Waals surface area contributed by atoms with Gasteiger partial charge in [0.15, 0.2) is 0 Å². The van der Waals surface area contributed by atoms with Gasteiger partial charge in [-0.2, -0.15) is 5.10 Å². The number of hydrogen-bond acceptors (Lipinski definition) is 2. The highest BCUT2D eigenvalue weighted by molar-refractivity contribution is 5.82. The lowest BCUT2D eigenvalue weighted by molar-refractivity contribution is 0.0567. The van der Waals surface area contributed by atoms with Gasteiger partial charge in [0.1, 0.15) is 0 Å². The number of benzene rings is 2. The molecule has 0 amide bonds. The first-order valence-electron chi connectivity index (χ1n) is 7.34. The molecule has 0 spiro atoms. The molecule has 21 heavy (non-hydrogen) atoms. The molecule has 0 radical (unpaired) electrons. The van der Waals surface area contributed by atoms with E-state index in [1.165, 1.54) is 0 Å². The lowest BCUT2D eigenvalue weighted by Gasteiger charge is -2.23. The van der Waals surface area contributed by atoms with Crippen molar-refractivity contribution in [3.05, 3.63) is 65.9 Å². The molecule has 1 unspecified atom stereocenters. The molecule has 3 heteroatoms. The van der Waals surface area contributed by atoms with Crippen molar-refractivity contribution in [1.82, 2.24) is 9.78 Å². The topological polar surface area (TPSA) is 38.0 Å². The predicted octanol–water partition coefficient (Wildman–Crippen LogP) is 3.51. The molecule has 108 valence electrons. The van der Waals surface area contributed by atoms with Crippen molar-refractivity contribution < 1.29 is 5.11 Å². The Hall–Kier alpha value is -2.13. The second-order valence-electron chi connectivity index (χ2n) is 5.60.